The summed E-state index contributed by atoms with van der Waals surface area (Å²) in [6.07, 6.45) is 2.86. The van der Waals surface area contributed by atoms with Crippen LogP contribution in [0, 0.1) is 0 Å². The Morgan fingerprint density at radius 3 is 2.08 bits per heavy atom. The number of amides is 1. The minimum Gasteiger partial charge on any atom is -0.311 e. The molecule has 0 aromatic heterocycles. The Morgan fingerprint density at radius 1 is 1.42 bits per heavy atom. The summed E-state index contributed by atoms with van der Waals surface area (Å²) in [6, 6.07) is 0. The van der Waals surface area contributed by atoms with Gasteiger partial charge in [-0.1, -0.05) is 13.8 Å². The highest BCUT2D eigenvalue weighted by Crippen LogP contribution is 1.83. The summed E-state index contributed by atoms with van der Waals surface area (Å²) in [4.78, 5) is 10.7. The molecule has 1 amide bonds. The quantitative estimate of drug-likeness (QED) is 0.696. The zero-order chi connectivity index (χ0) is 10.2. The fourth-order valence-corrected chi connectivity index (χ4v) is 0.984. The molecule has 0 aliphatic rings. The number of nitrogens with one attached hydrogen (secondary N) is 1. The van der Waals surface area contributed by atoms with E-state index in [1.807, 2.05) is 13.8 Å². The predicted molar refractivity (Wildman–Crippen MR) is 52.7 cm³/mol. The summed E-state index contributed by atoms with van der Waals surface area (Å²) in [7, 11) is -0.621. The predicted octanol–water partition coefficient (Wildman–Crippen LogP) is 0.486. The lowest BCUT2D eigenvalue weighted by Crippen LogP contribution is -2.17. The highest BCUT2D eigenvalue weighted by molar-refractivity contribution is 7.92. The van der Waals surface area contributed by atoms with Crippen molar-refractivity contribution in [3.05, 3.63) is 0 Å². The molecule has 0 aromatic rings. The molecule has 0 aliphatic carbocycles. The molecule has 0 spiro atoms. The normalized spacial score (nSPS) is 9.75. The molecular formula is C7H18N2O2S. The second-order valence-corrected chi connectivity index (χ2v) is 4.74. The Balaban J connectivity index is 0. The van der Waals surface area contributed by atoms with Gasteiger partial charge in [-0.15, -0.1) is 0 Å². The Morgan fingerprint density at radius 2 is 1.83 bits per heavy atom. The first-order chi connectivity index (χ1) is 5.45. The number of carbonyl (C=O) groups is 1. The average Bonchev–Trinajstić information content (AvgIpc) is 1.88. The lowest BCUT2D eigenvalue weighted by molar-refractivity contribution is -0.116. The summed E-state index contributed by atoms with van der Waals surface area (Å²) in [5, 5.41) is 2.62. The van der Waals surface area contributed by atoms with Gasteiger partial charge in [0.25, 0.3) is 5.91 Å². The lowest BCUT2D eigenvalue weighted by Gasteiger charge is -1.93. The molecule has 12 heavy (non-hydrogen) atoms. The van der Waals surface area contributed by atoms with Gasteiger partial charge in [-0.25, -0.2) is 4.21 Å². The molecular weight excluding hydrogens is 176 g/mol. The SMILES string of the molecule is CC.CNCC(=O)N=S(C)(C)=O. The summed E-state index contributed by atoms with van der Waals surface area (Å²) in [5.41, 5.74) is 0. The van der Waals surface area contributed by atoms with E-state index in [1.54, 1.807) is 7.05 Å². The minimum atomic E-state index is -2.26. The number of hydrogen-bond donors (Lipinski definition) is 1. The monoisotopic (exact) mass is 194 g/mol. The minimum absolute atomic E-state index is 0.151. The fourth-order valence-electron chi connectivity index (χ4n) is 0.429. The second kappa shape index (κ2) is 7.24. The number of carbonyl (C=O) groups excluding carboxylic acids is 1. The second-order valence-electron chi connectivity index (χ2n) is 2.20. The Hall–Kier alpha value is -0.420. The zero-order valence-electron chi connectivity index (χ0n) is 8.38. The van der Waals surface area contributed by atoms with Crippen LogP contribution in [-0.4, -0.2) is 36.2 Å². The molecule has 5 heteroatoms. The van der Waals surface area contributed by atoms with Crippen molar-refractivity contribution in [2.24, 2.45) is 4.36 Å². The Bertz CT molecular complexity index is 222. The number of rotatable bonds is 2. The van der Waals surface area contributed by atoms with E-state index < -0.39 is 9.73 Å². The van der Waals surface area contributed by atoms with Crippen LogP contribution in [0.3, 0.4) is 0 Å². The largest absolute Gasteiger partial charge is 0.311 e. The van der Waals surface area contributed by atoms with Crippen LogP contribution in [0.2, 0.25) is 0 Å². The first-order valence-corrected chi connectivity index (χ1v) is 6.13. The van der Waals surface area contributed by atoms with Gasteiger partial charge in [-0.05, 0) is 7.05 Å². The fraction of sp³-hybridized carbons (Fsp3) is 0.857. The summed E-state index contributed by atoms with van der Waals surface area (Å²) in [6.45, 7) is 4.15. The molecule has 0 bridgehead atoms. The Kier molecular flexibility index (Phi) is 8.52. The number of likely N-dealkylation sites (N-methyl/N-ethyl adjacent to an activating group) is 1. The molecule has 1 N–H and O–H groups in total. The maximum absolute atomic E-state index is 10.9. The van der Waals surface area contributed by atoms with Gasteiger partial charge in [0, 0.05) is 22.2 Å². The standard InChI is InChI=1S/C5H12N2O2S.C2H6/c1-6-4-5(8)7-10(2,3)9;1-2/h6H,4H2,1-3H3;1-2H3. The van der Waals surface area contributed by atoms with Crippen molar-refractivity contribution in [1.29, 1.82) is 0 Å². The van der Waals surface area contributed by atoms with Crippen LogP contribution in [0.1, 0.15) is 13.8 Å². The van der Waals surface area contributed by atoms with E-state index in [-0.39, 0.29) is 12.5 Å². The van der Waals surface area contributed by atoms with Gasteiger partial charge >= 0.3 is 0 Å². The molecule has 0 saturated carbocycles. The first-order valence-electron chi connectivity index (χ1n) is 3.80. The molecule has 0 atom stereocenters. The Labute approximate surface area is 74.9 Å². The van der Waals surface area contributed by atoms with E-state index in [1.165, 1.54) is 12.5 Å². The average molecular weight is 194 g/mol. The molecule has 0 aliphatic heterocycles. The maximum atomic E-state index is 10.9. The van der Waals surface area contributed by atoms with E-state index in [0.29, 0.717) is 0 Å². The van der Waals surface area contributed by atoms with Crippen molar-refractivity contribution in [1.82, 2.24) is 5.32 Å². The third kappa shape index (κ3) is 12.3. The smallest absolute Gasteiger partial charge is 0.267 e. The van der Waals surface area contributed by atoms with Crippen molar-refractivity contribution < 1.29 is 9.00 Å². The zero-order valence-corrected chi connectivity index (χ0v) is 9.20. The molecule has 0 saturated heterocycles. The van der Waals surface area contributed by atoms with E-state index in [0.717, 1.165) is 0 Å². The number of hydrogen-bond acceptors (Lipinski definition) is 3. The van der Waals surface area contributed by atoms with Crippen LogP contribution in [0.5, 0.6) is 0 Å². The topological polar surface area (TPSA) is 58.5 Å². The van der Waals surface area contributed by atoms with E-state index in [4.69, 9.17) is 0 Å². The third-order valence-corrected chi connectivity index (χ3v) is 1.29. The van der Waals surface area contributed by atoms with Crippen molar-refractivity contribution in [2.45, 2.75) is 13.8 Å². The first kappa shape index (κ1) is 14.1. The van der Waals surface area contributed by atoms with Crippen LogP contribution < -0.4 is 5.32 Å². The lowest BCUT2D eigenvalue weighted by atomic mass is 10.6. The van der Waals surface area contributed by atoms with Gasteiger partial charge in [0.05, 0.1) is 6.54 Å². The highest BCUT2D eigenvalue weighted by Gasteiger charge is 1.97. The molecule has 74 valence electrons. The molecule has 0 heterocycles. The maximum Gasteiger partial charge on any atom is 0.267 e. The van der Waals surface area contributed by atoms with E-state index in [2.05, 4.69) is 9.68 Å². The van der Waals surface area contributed by atoms with Gasteiger partial charge in [-0.2, -0.15) is 4.36 Å². The van der Waals surface area contributed by atoms with Gasteiger partial charge in [0.15, 0.2) is 0 Å². The van der Waals surface area contributed by atoms with Crippen LogP contribution in [0.15, 0.2) is 4.36 Å². The molecule has 4 nitrogen and oxygen atoms in total. The van der Waals surface area contributed by atoms with E-state index in [9.17, 15) is 9.00 Å². The van der Waals surface area contributed by atoms with Gasteiger partial charge in [0.1, 0.15) is 0 Å². The molecule has 0 aromatic carbocycles. The van der Waals surface area contributed by atoms with Gasteiger partial charge in [-0.3, -0.25) is 4.79 Å². The van der Waals surface area contributed by atoms with Crippen molar-refractivity contribution in [3.8, 4) is 0 Å². The van der Waals surface area contributed by atoms with Crippen LogP contribution in [0.25, 0.3) is 0 Å². The van der Waals surface area contributed by atoms with Crippen molar-refractivity contribution in [2.75, 3.05) is 26.1 Å². The van der Waals surface area contributed by atoms with Gasteiger partial charge in [0.2, 0.25) is 0 Å². The van der Waals surface area contributed by atoms with Crippen molar-refractivity contribution in [3.63, 3.8) is 0 Å². The molecule has 0 fully saturated rings. The van der Waals surface area contributed by atoms with Crippen LogP contribution in [-0.2, 0) is 14.5 Å². The molecule has 0 unspecified atom stereocenters. The highest BCUT2D eigenvalue weighted by atomic mass is 32.2. The van der Waals surface area contributed by atoms with E-state index >= 15 is 0 Å². The number of nitrogens with zero attached hydrogens (tertiary/aromatic N) is 1. The third-order valence-electron chi connectivity index (χ3n) is 0.650. The molecule has 0 rings (SSSR count). The summed E-state index contributed by atoms with van der Waals surface area (Å²) >= 11 is 0. The van der Waals surface area contributed by atoms with Gasteiger partial charge < -0.3 is 5.32 Å². The van der Waals surface area contributed by atoms with Crippen molar-refractivity contribution >= 4 is 15.6 Å². The molecule has 0 radical (unpaired) electrons. The van der Waals surface area contributed by atoms with Crippen LogP contribution in [0.4, 0.5) is 0 Å². The van der Waals surface area contributed by atoms with Crippen LogP contribution >= 0.6 is 0 Å². The summed E-state index contributed by atoms with van der Waals surface area (Å²) < 4.78 is 14.3. The summed E-state index contributed by atoms with van der Waals surface area (Å²) in [5.74, 6) is -0.363.